The predicted octanol–water partition coefficient (Wildman–Crippen LogP) is 2.78. The Morgan fingerprint density at radius 2 is 2.29 bits per heavy atom. The van der Waals surface area contributed by atoms with Crippen molar-refractivity contribution in [3.05, 3.63) is 39.8 Å². The first-order valence-corrected chi connectivity index (χ1v) is 6.90. The number of likely N-dealkylation sites (N-methyl/N-ethyl adjacent to an activating group) is 1. The highest BCUT2D eigenvalue weighted by atomic mass is 32.1. The smallest absolute Gasteiger partial charge is 0.0522 e. The molecule has 3 nitrogen and oxygen atoms in total. The Morgan fingerprint density at radius 3 is 2.82 bits per heavy atom. The van der Waals surface area contributed by atoms with Crippen LogP contribution in [0.25, 0.3) is 0 Å². The molecule has 1 atom stereocenters. The summed E-state index contributed by atoms with van der Waals surface area (Å²) in [4.78, 5) is 0. The van der Waals surface area contributed by atoms with Crippen molar-refractivity contribution in [2.75, 3.05) is 7.05 Å². The van der Waals surface area contributed by atoms with E-state index in [0.717, 1.165) is 13.0 Å². The molecule has 0 fully saturated rings. The number of nitrogens with zero attached hydrogens (tertiary/aromatic N) is 2. The molecule has 0 spiro atoms. The SMILES string of the molecule is CCn1cc(CC(NC)c2cscc2C)cn1. The van der Waals surface area contributed by atoms with Gasteiger partial charge in [-0.05, 0) is 54.8 Å². The van der Waals surface area contributed by atoms with Crippen LogP contribution in [0.3, 0.4) is 0 Å². The van der Waals surface area contributed by atoms with Crippen LogP contribution in [0.4, 0.5) is 0 Å². The van der Waals surface area contributed by atoms with Gasteiger partial charge < -0.3 is 5.32 Å². The van der Waals surface area contributed by atoms with E-state index in [-0.39, 0.29) is 0 Å². The summed E-state index contributed by atoms with van der Waals surface area (Å²) < 4.78 is 1.97. The number of hydrogen-bond donors (Lipinski definition) is 1. The third-order valence-electron chi connectivity index (χ3n) is 3.07. The molecule has 2 aromatic rings. The largest absolute Gasteiger partial charge is 0.313 e. The lowest BCUT2D eigenvalue weighted by Crippen LogP contribution is -2.18. The zero-order valence-corrected chi connectivity index (χ0v) is 11.4. The molecule has 0 bridgehead atoms. The highest BCUT2D eigenvalue weighted by molar-refractivity contribution is 7.08. The summed E-state index contributed by atoms with van der Waals surface area (Å²) in [6.07, 6.45) is 5.09. The van der Waals surface area contributed by atoms with Gasteiger partial charge in [0.2, 0.25) is 0 Å². The fourth-order valence-electron chi connectivity index (χ4n) is 2.02. The van der Waals surface area contributed by atoms with E-state index in [4.69, 9.17) is 0 Å². The molecule has 2 rings (SSSR count). The second kappa shape index (κ2) is 5.47. The van der Waals surface area contributed by atoms with Gasteiger partial charge in [0, 0.05) is 18.8 Å². The summed E-state index contributed by atoms with van der Waals surface area (Å²) in [6.45, 7) is 5.21. The molecule has 0 saturated carbocycles. The van der Waals surface area contributed by atoms with Crippen molar-refractivity contribution in [2.24, 2.45) is 0 Å². The summed E-state index contributed by atoms with van der Waals surface area (Å²) in [5, 5.41) is 12.1. The molecular weight excluding hydrogens is 230 g/mol. The average Bonchev–Trinajstić information content (AvgIpc) is 2.95. The average molecular weight is 249 g/mol. The quantitative estimate of drug-likeness (QED) is 0.883. The first-order valence-electron chi connectivity index (χ1n) is 5.95. The molecule has 92 valence electrons. The topological polar surface area (TPSA) is 29.9 Å². The maximum atomic E-state index is 4.32. The normalized spacial score (nSPS) is 12.9. The van der Waals surface area contributed by atoms with Gasteiger partial charge in [-0.2, -0.15) is 16.4 Å². The van der Waals surface area contributed by atoms with Gasteiger partial charge in [0.25, 0.3) is 0 Å². The van der Waals surface area contributed by atoms with E-state index >= 15 is 0 Å². The lowest BCUT2D eigenvalue weighted by molar-refractivity contribution is 0.590. The van der Waals surface area contributed by atoms with E-state index in [1.165, 1.54) is 16.7 Å². The summed E-state index contributed by atoms with van der Waals surface area (Å²) in [7, 11) is 2.02. The summed E-state index contributed by atoms with van der Waals surface area (Å²) >= 11 is 1.77. The molecular formula is C13H19N3S. The van der Waals surface area contributed by atoms with E-state index in [1.807, 2.05) is 17.9 Å². The van der Waals surface area contributed by atoms with Crippen LogP contribution < -0.4 is 5.32 Å². The van der Waals surface area contributed by atoms with Crippen molar-refractivity contribution < 1.29 is 0 Å². The molecule has 0 aliphatic rings. The van der Waals surface area contributed by atoms with Gasteiger partial charge >= 0.3 is 0 Å². The van der Waals surface area contributed by atoms with Gasteiger partial charge in [0.05, 0.1) is 6.20 Å². The predicted molar refractivity (Wildman–Crippen MR) is 72.5 cm³/mol. The monoisotopic (exact) mass is 249 g/mol. The van der Waals surface area contributed by atoms with E-state index in [2.05, 4.69) is 41.2 Å². The molecule has 2 heterocycles. The summed E-state index contributed by atoms with van der Waals surface area (Å²) in [6, 6.07) is 0.385. The van der Waals surface area contributed by atoms with Crippen molar-refractivity contribution >= 4 is 11.3 Å². The lowest BCUT2D eigenvalue weighted by atomic mass is 10.0. The minimum atomic E-state index is 0.385. The zero-order chi connectivity index (χ0) is 12.3. The Labute approximate surface area is 106 Å². The fraction of sp³-hybridized carbons (Fsp3) is 0.462. The number of aromatic nitrogens is 2. The van der Waals surface area contributed by atoms with Crippen LogP contribution in [0.1, 0.15) is 29.7 Å². The number of nitrogens with one attached hydrogen (secondary N) is 1. The van der Waals surface area contributed by atoms with Gasteiger partial charge in [-0.1, -0.05) is 0 Å². The zero-order valence-electron chi connectivity index (χ0n) is 10.6. The van der Waals surface area contributed by atoms with Crippen LogP contribution in [0.15, 0.2) is 23.2 Å². The summed E-state index contributed by atoms with van der Waals surface area (Å²) in [5.41, 5.74) is 4.07. The number of thiophene rings is 1. The maximum Gasteiger partial charge on any atom is 0.0522 e. The second-order valence-electron chi connectivity index (χ2n) is 4.26. The Morgan fingerprint density at radius 1 is 1.47 bits per heavy atom. The minimum Gasteiger partial charge on any atom is -0.313 e. The first kappa shape index (κ1) is 12.3. The van der Waals surface area contributed by atoms with Crippen molar-refractivity contribution in [1.29, 1.82) is 0 Å². The Balaban J connectivity index is 2.12. The molecule has 0 saturated heterocycles. The van der Waals surface area contributed by atoms with Crippen molar-refractivity contribution in [2.45, 2.75) is 32.9 Å². The molecule has 0 aliphatic heterocycles. The molecule has 17 heavy (non-hydrogen) atoms. The van der Waals surface area contributed by atoms with E-state index in [9.17, 15) is 0 Å². The molecule has 0 radical (unpaired) electrons. The molecule has 1 unspecified atom stereocenters. The summed E-state index contributed by atoms with van der Waals surface area (Å²) in [5.74, 6) is 0. The van der Waals surface area contributed by atoms with Gasteiger partial charge in [-0.25, -0.2) is 0 Å². The first-order chi connectivity index (χ1) is 8.24. The number of hydrogen-bond acceptors (Lipinski definition) is 3. The van der Waals surface area contributed by atoms with Crippen molar-refractivity contribution in [3.63, 3.8) is 0 Å². The Bertz CT molecular complexity index is 472. The third kappa shape index (κ3) is 2.76. The lowest BCUT2D eigenvalue weighted by Gasteiger charge is -2.15. The van der Waals surface area contributed by atoms with Gasteiger partial charge in [0.15, 0.2) is 0 Å². The fourth-order valence-corrected chi connectivity index (χ4v) is 2.92. The molecule has 0 aromatic carbocycles. The van der Waals surface area contributed by atoms with Crippen LogP contribution in [0, 0.1) is 6.92 Å². The molecule has 4 heteroatoms. The highest BCUT2D eigenvalue weighted by Crippen LogP contribution is 2.24. The van der Waals surface area contributed by atoms with Crippen molar-refractivity contribution in [1.82, 2.24) is 15.1 Å². The molecule has 0 amide bonds. The van der Waals surface area contributed by atoms with Crippen molar-refractivity contribution in [3.8, 4) is 0 Å². The van der Waals surface area contributed by atoms with Crippen LogP contribution >= 0.6 is 11.3 Å². The molecule has 0 aliphatic carbocycles. The van der Waals surface area contributed by atoms with Crippen LogP contribution in [-0.2, 0) is 13.0 Å². The minimum absolute atomic E-state index is 0.385. The third-order valence-corrected chi connectivity index (χ3v) is 3.95. The Hall–Kier alpha value is -1.13. The van der Waals surface area contributed by atoms with Crippen LogP contribution in [-0.4, -0.2) is 16.8 Å². The molecule has 1 N–H and O–H groups in total. The maximum absolute atomic E-state index is 4.32. The van der Waals surface area contributed by atoms with E-state index in [1.54, 1.807) is 11.3 Å². The van der Waals surface area contributed by atoms with E-state index in [0.29, 0.717) is 6.04 Å². The number of rotatable bonds is 5. The standard InChI is InChI=1S/C13H19N3S/c1-4-16-7-11(6-15-16)5-13(14-3)12-9-17-8-10(12)2/h6-9,13-14H,4-5H2,1-3H3. The molecule has 2 aromatic heterocycles. The second-order valence-corrected chi connectivity index (χ2v) is 5.00. The van der Waals surface area contributed by atoms with Gasteiger partial charge in [0.1, 0.15) is 0 Å². The van der Waals surface area contributed by atoms with Gasteiger partial charge in [-0.15, -0.1) is 0 Å². The number of aryl methyl sites for hydroxylation is 2. The van der Waals surface area contributed by atoms with Crippen LogP contribution in [0.5, 0.6) is 0 Å². The Kier molecular flexibility index (Phi) is 3.97. The van der Waals surface area contributed by atoms with Crippen LogP contribution in [0.2, 0.25) is 0 Å². The van der Waals surface area contributed by atoms with Gasteiger partial charge in [-0.3, -0.25) is 4.68 Å². The van der Waals surface area contributed by atoms with E-state index < -0.39 is 0 Å². The highest BCUT2D eigenvalue weighted by Gasteiger charge is 2.14.